The Morgan fingerprint density at radius 3 is 2.93 bits per heavy atom. The Balaban J connectivity index is 2.60. The number of aryl methyl sites for hydroxylation is 1. The molecule has 0 aliphatic rings. The van der Waals surface area contributed by atoms with Gasteiger partial charge in [0.1, 0.15) is 4.60 Å². The van der Waals surface area contributed by atoms with E-state index >= 15 is 0 Å². The lowest BCUT2D eigenvalue weighted by atomic mass is 10.0. The van der Waals surface area contributed by atoms with Crippen LogP contribution < -0.4 is 5.73 Å². The first kappa shape index (κ1) is 10.6. The predicted molar refractivity (Wildman–Crippen MR) is 65.9 cm³/mol. The molecule has 15 heavy (non-hydrogen) atoms. The molecule has 1 unspecified atom stereocenters. The minimum absolute atomic E-state index is 0.390. The molecule has 1 aromatic carbocycles. The Hall–Kier alpha value is -0.870. The first-order valence-electron chi connectivity index (χ1n) is 4.95. The zero-order valence-electron chi connectivity index (χ0n) is 8.87. The molecule has 0 amide bonds. The average molecular weight is 268 g/mol. The van der Waals surface area contributed by atoms with E-state index in [0.29, 0.717) is 12.5 Å². The van der Waals surface area contributed by atoms with E-state index < -0.39 is 0 Å². The summed E-state index contributed by atoms with van der Waals surface area (Å²) in [5.41, 5.74) is 8.06. The highest BCUT2D eigenvalue weighted by Gasteiger charge is 2.09. The monoisotopic (exact) mass is 267 g/mol. The van der Waals surface area contributed by atoms with Gasteiger partial charge in [-0.15, -0.1) is 0 Å². The number of fused-ring (bicyclic) bond motifs is 1. The number of nitrogens with two attached hydrogens (primary N) is 1. The van der Waals surface area contributed by atoms with Crippen molar-refractivity contribution in [1.82, 2.24) is 9.78 Å². The van der Waals surface area contributed by atoms with E-state index in [4.69, 9.17) is 5.73 Å². The molecule has 0 spiro atoms. The van der Waals surface area contributed by atoms with E-state index in [1.165, 1.54) is 5.56 Å². The number of nitrogens with zero attached hydrogens (tertiary/aromatic N) is 2. The maximum absolute atomic E-state index is 5.66. The Morgan fingerprint density at radius 2 is 2.27 bits per heavy atom. The minimum atomic E-state index is 0.390. The smallest absolute Gasteiger partial charge is 0.135 e. The summed E-state index contributed by atoms with van der Waals surface area (Å²) in [5, 5.41) is 5.47. The van der Waals surface area contributed by atoms with Gasteiger partial charge in [0.25, 0.3) is 0 Å². The van der Waals surface area contributed by atoms with Gasteiger partial charge < -0.3 is 5.73 Å². The molecule has 1 aromatic heterocycles. The number of hydrogen-bond acceptors (Lipinski definition) is 2. The second-order valence-electron chi connectivity index (χ2n) is 3.83. The maximum atomic E-state index is 5.66. The van der Waals surface area contributed by atoms with Gasteiger partial charge in [0.2, 0.25) is 0 Å². The number of hydrogen-bond donors (Lipinski definition) is 1. The number of halogens is 1. The average Bonchev–Trinajstić information content (AvgIpc) is 2.53. The summed E-state index contributed by atoms with van der Waals surface area (Å²) >= 11 is 3.46. The van der Waals surface area contributed by atoms with Crippen molar-refractivity contribution < 1.29 is 0 Å². The SMILES string of the molecule is CC(CN)c1ccc2c(c1)c(Br)nn2C. The fourth-order valence-corrected chi connectivity index (χ4v) is 2.24. The van der Waals surface area contributed by atoms with Crippen molar-refractivity contribution in [2.75, 3.05) is 6.54 Å². The summed E-state index contributed by atoms with van der Waals surface area (Å²) < 4.78 is 2.77. The highest BCUT2D eigenvalue weighted by molar-refractivity contribution is 9.10. The molecule has 2 aromatic rings. The lowest BCUT2D eigenvalue weighted by Crippen LogP contribution is -2.08. The third-order valence-corrected chi connectivity index (χ3v) is 3.34. The van der Waals surface area contributed by atoms with E-state index in [1.54, 1.807) is 0 Å². The maximum Gasteiger partial charge on any atom is 0.135 e. The number of aromatic nitrogens is 2. The zero-order chi connectivity index (χ0) is 11.0. The van der Waals surface area contributed by atoms with Crippen LogP contribution in [0.1, 0.15) is 18.4 Å². The standard InChI is InChI=1S/C11H14BrN3/c1-7(6-13)8-3-4-10-9(5-8)11(12)14-15(10)2/h3-5,7H,6,13H2,1-2H3. The van der Waals surface area contributed by atoms with E-state index in [1.807, 2.05) is 11.7 Å². The van der Waals surface area contributed by atoms with Gasteiger partial charge in [-0.1, -0.05) is 13.0 Å². The molecule has 0 aliphatic heterocycles. The summed E-state index contributed by atoms with van der Waals surface area (Å²) in [6.45, 7) is 2.80. The molecule has 1 atom stereocenters. The fraction of sp³-hybridized carbons (Fsp3) is 0.364. The highest BCUT2D eigenvalue weighted by atomic mass is 79.9. The molecule has 4 heteroatoms. The summed E-state index contributed by atoms with van der Waals surface area (Å²) in [6.07, 6.45) is 0. The van der Waals surface area contributed by atoms with Gasteiger partial charge in [-0.3, -0.25) is 4.68 Å². The number of benzene rings is 1. The minimum Gasteiger partial charge on any atom is -0.330 e. The summed E-state index contributed by atoms with van der Waals surface area (Å²) in [5.74, 6) is 0.390. The normalized spacial score (nSPS) is 13.3. The van der Waals surface area contributed by atoms with E-state index in [-0.39, 0.29) is 0 Å². The van der Waals surface area contributed by atoms with Crippen LogP contribution in [-0.4, -0.2) is 16.3 Å². The Labute approximate surface area is 97.4 Å². The van der Waals surface area contributed by atoms with Crippen LogP contribution in [-0.2, 0) is 7.05 Å². The Bertz CT molecular complexity index is 490. The van der Waals surface area contributed by atoms with Crippen molar-refractivity contribution in [3.05, 3.63) is 28.4 Å². The van der Waals surface area contributed by atoms with Crippen LogP contribution in [0.2, 0.25) is 0 Å². The molecule has 0 fully saturated rings. The van der Waals surface area contributed by atoms with Gasteiger partial charge in [0, 0.05) is 12.4 Å². The molecule has 3 nitrogen and oxygen atoms in total. The summed E-state index contributed by atoms with van der Waals surface area (Å²) in [4.78, 5) is 0. The van der Waals surface area contributed by atoms with E-state index in [9.17, 15) is 0 Å². The summed E-state index contributed by atoms with van der Waals surface area (Å²) in [6, 6.07) is 6.37. The molecular weight excluding hydrogens is 254 g/mol. The van der Waals surface area contributed by atoms with Crippen molar-refractivity contribution >= 4 is 26.8 Å². The molecule has 0 saturated heterocycles. The topological polar surface area (TPSA) is 43.8 Å². The summed E-state index contributed by atoms with van der Waals surface area (Å²) in [7, 11) is 1.94. The lowest BCUT2D eigenvalue weighted by molar-refractivity contribution is 0.774. The van der Waals surface area contributed by atoms with Crippen molar-refractivity contribution in [3.8, 4) is 0 Å². The van der Waals surface area contributed by atoms with Crippen molar-refractivity contribution in [2.45, 2.75) is 12.8 Å². The molecule has 0 radical (unpaired) electrons. The third-order valence-electron chi connectivity index (χ3n) is 2.75. The van der Waals surface area contributed by atoms with Crippen LogP contribution in [0, 0.1) is 0 Å². The second-order valence-corrected chi connectivity index (χ2v) is 4.58. The van der Waals surface area contributed by atoms with Crippen LogP contribution in [0.4, 0.5) is 0 Å². The van der Waals surface area contributed by atoms with Crippen LogP contribution in [0.15, 0.2) is 22.8 Å². The van der Waals surface area contributed by atoms with E-state index in [2.05, 4.69) is 46.2 Å². The van der Waals surface area contributed by atoms with Gasteiger partial charge in [-0.05, 0) is 46.1 Å². The quantitative estimate of drug-likeness (QED) is 0.908. The van der Waals surface area contributed by atoms with E-state index in [0.717, 1.165) is 15.5 Å². The molecular formula is C11H14BrN3. The highest BCUT2D eigenvalue weighted by Crippen LogP contribution is 2.26. The van der Waals surface area contributed by atoms with Gasteiger partial charge in [0.05, 0.1) is 5.52 Å². The van der Waals surface area contributed by atoms with Crippen molar-refractivity contribution in [1.29, 1.82) is 0 Å². The van der Waals surface area contributed by atoms with Crippen molar-refractivity contribution in [2.24, 2.45) is 12.8 Å². The molecule has 2 rings (SSSR count). The molecule has 80 valence electrons. The van der Waals surface area contributed by atoms with Crippen LogP contribution in [0.5, 0.6) is 0 Å². The molecule has 2 N–H and O–H groups in total. The lowest BCUT2D eigenvalue weighted by Gasteiger charge is -2.08. The first-order valence-corrected chi connectivity index (χ1v) is 5.75. The molecule has 1 heterocycles. The molecule has 0 bridgehead atoms. The van der Waals surface area contributed by atoms with Crippen LogP contribution >= 0.6 is 15.9 Å². The van der Waals surface area contributed by atoms with Crippen LogP contribution in [0.3, 0.4) is 0 Å². The first-order chi connectivity index (χ1) is 7.13. The largest absolute Gasteiger partial charge is 0.330 e. The van der Waals surface area contributed by atoms with Crippen molar-refractivity contribution in [3.63, 3.8) is 0 Å². The third kappa shape index (κ3) is 1.79. The predicted octanol–water partition coefficient (Wildman–Crippen LogP) is 2.40. The number of rotatable bonds is 2. The Kier molecular flexibility index (Phi) is 2.80. The van der Waals surface area contributed by atoms with Gasteiger partial charge in [-0.25, -0.2) is 0 Å². The van der Waals surface area contributed by atoms with Gasteiger partial charge >= 0.3 is 0 Å². The van der Waals surface area contributed by atoms with Gasteiger partial charge in [-0.2, -0.15) is 5.10 Å². The zero-order valence-corrected chi connectivity index (χ0v) is 10.5. The molecule has 0 saturated carbocycles. The van der Waals surface area contributed by atoms with Gasteiger partial charge in [0.15, 0.2) is 0 Å². The second kappa shape index (κ2) is 3.94. The van der Waals surface area contributed by atoms with Crippen LogP contribution in [0.25, 0.3) is 10.9 Å². The fourth-order valence-electron chi connectivity index (χ4n) is 1.68. The molecule has 0 aliphatic carbocycles. The Morgan fingerprint density at radius 1 is 1.53 bits per heavy atom.